The van der Waals surface area contributed by atoms with Crippen molar-refractivity contribution in [3.63, 3.8) is 0 Å². The van der Waals surface area contributed by atoms with Crippen LogP contribution in [-0.4, -0.2) is 42.0 Å². The van der Waals surface area contributed by atoms with Crippen LogP contribution in [0.5, 0.6) is 0 Å². The Balaban J connectivity index is 1.53. The molecule has 0 unspecified atom stereocenters. The normalized spacial score (nSPS) is 15.5. The summed E-state index contributed by atoms with van der Waals surface area (Å²) in [5, 5.41) is 6.52. The number of nitrogens with one attached hydrogen (secondary N) is 2. The van der Waals surface area contributed by atoms with Gasteiger partial charge in [0, 0.05) is 30.6 Å². The zero-order valence-electron chi connectivity index (χ0n) is 16.6. The molecule has 1 aliphatic heterocycles. The number of rotatable bonds is 3. The zero-order chi connectivity index (χ0) is 20.3. The maximum Gasteiger partial charge on any atom is 0.349 e. The number of carbonyl (C=O) groups excluding carboxylic acids is 2. The molecule has 0 radical (unpaired) electrons. The standard InChI is InChI=1S/C21H27N3O4/c1-21(2,3)23-20(27)24-10-8-14(9-11-24)13-22-18(25)16-12-15-6-4-5-7-17(15)28-19(16)26/h4-7,12,14H,8-11,13H2,1-3H3,(H,22,25)(H,23,27). The molecule has 1 aromatic heterocycles. The molecule has 1 fully saturated rings. The first kappa shape index (κ1) is 19.9. The van der Waals surface area contributed by atoms with E-state index in [4.69, 9.17) is 4.42 Å². The minimum absolute atomic E-state index is 0.0145. The molecule has 7 nitrogen and oxygen atoms in total. The van der Waals surface area contributed by atoms with Crippen molar-refractivity contribution in [1.29, 1.82) is 0 Å². The third kappa shape index (κ3) is 4.91. The minimum atomic E-state index is -0.634. The highest BCUT2D eigenvalue weighted by Gasteiger charge is 2.25. The highest BCUT2D eigenvalue weighted by Crippen LogP contribution is 2.17. The highest BCUT2D eigenvalue weighted by molar-refractivity contribution is 5.96. The number of nitrogens with zero attached hydrogens (tertiary/aromatic N) is 1. The molecule has 0 saturated carbocycles. The van der Waals surface area contributed by atoms with Crippen LogP contribution in [0.4, 0.5) is 4.79 Å². The van der Waals surface area contributed by atoms with Crippen LogP contribution >= 0.6 is 0 Å². The average molecular weight is 385 g/mol. The Morgan fingerprint density at radius 3 is 2.54 bits per heavy atom. The molecule has 7 heteroatoms. The fourth-order valence-electron chi connectivity index (χ4n) is 3.29. The SMILES string of the molecule is CC(C)(C)NC(=O)N1CCC(CNC(=O)c2cc3ccccc3oc2=O)CC1. The van der Waals surface area contributed by atoms with Gasteiger partial charge in [-0.25, -0.2) is 9.59 Å². The fraction of sp³-hybridized carbons (Fsp3) is 0.476. The van der Waals surface area contributed by atoms with E-state index in [9.17, 15) is 14.4 Å². The summed E-state index contributed by atoms with van der Waals surface area (Å²) < 4.78 is 5.22. The van der Waals surface area contributed by atoms with Crippen molar-refractivity contribution in [2.24, 2.45) is 5.92 Å². The Labute approximate surface area is 164 Å². The third-order valence-electron chi connectivity index (χ3n) is 4.82. The van der Waals surface area contributed by atoms with E-state index < -0.39 is 11.5 Å². The second-order valence-electron chi connectivity index (χ2n) is 8.31. The Morgan fingerprint density at radius 2 is 1.86 bits per heavy atom. The van der Waals surface area contributed by atoms with Gasteiger partial charge in [-0.15, -0.1) is 0 Å². The fourth-order valence-corrected chi connectivity index (χ4v) is 3.29. The molecule has 28 heavy (non-hydrogen) atoms. The van der Waals surface area contributed by atoms with Crippen LogP contribution in [0, 0.1) is 5.92 Å². The molecule has 2 aromatic rings. The summed E-state index contributed by atoms with van der Waals surface area (Å²) in [5.74, 6) is -0.150. The number of benzene rings is 1. The van der Waals surface area contributed by atoms with Crippen molar-refractivity contribution in [1.82, 2.24) is 15.5 Å². The van der Waals surface area contributed by atoms with Gasteiger partial charge >= 0.3 is 11.7 Å². The lowest BCUT2D eigenvalue weighted by molar-refractivity contribution is 0.0933. The molecule has 1 aliphatic rings. The molecule has 1 saturated heterocycles. The van der Waals surface area contributed by atoms with Crippen LogP contribution in [0.15, 0.2) is 39.5 Å². The van der Waals surface area contributed by atoms with Gasteiger partial charge in [-0.1, -0.05) is 18.2 Å². The maximum atomic E-state index is 12.4. The van der Waals surface area contributed by atoms with E-state index in [2.05, 4.69) is 10.6 Å². The molecule has 2 N–H and O–H groups in total. The van der Waals surface area contributed by atoms with Gasteiger partial charge in [0.05, 0.1) is 0 Å². The predicted octanol–water partition coefficient (Wildman–Crippen LogP) is 2.74. The van der Waals surface area contributed by atoms with E-state index in [1.807, 2.05) is 31.7 Å². The van der Waals surface area contributed by atoms with Crippen LogP contribution in [0.3, 0.4) is 0 Å². The Bertz CT molecular complexity index is 921. The number of hydrogen-bond acceptors (Lipinski definition) is 4. The first-order chi connectivity index (χ1) is 13.2. The smallest absolute Gasteiger partial charge is 0.349 e. The van der Waals surface area contributed by atoms with Crippen molar-refractivity contribution < 1.29 is 14.0 Å². The largest absolute Gasteiger partial charge is 0.422 e. The molecule has 0 spiro atoms. The van der Waals surface area contributed by atoms with Gasteiger partial charge in [-0.05, 0) is 51.7 Å². The van der Waals surface area contributed by atoms with E-state index in [-0.39, 0.29) is 23.1 Å². The van der Waals surface area contributed by atoms with E-state index in [1.54, 1.807) is 24.3 Å². The molecule has 150 valence electrons. The van der Waals surface area contributed by atoms with Gasteiger partial charge in [-0.3, -0.25) is 4.79 Å². The number of piperidine rings is 1. The molecule has 3 amide bonds. The summed E-state index contributed by atoms with van der Waals surface area (Å²) in [6.45, 7) is 7.64. The maximum absolute atomic E-state index is 12.4. The lowest BCUT2D eigenvalue weighted by atomic mass is 9.97. The number of hydrogen-bond donors (Lipinski definition) is 2. The van der Waals surface area contributed by atoms with Crippen molar-refractivity contribution >= 4 is 22.9 Å². The van der Waals surface area contributed by atoms with Crippen molar-refractivity contribution in [3.8, 4) is 0 Å². The molecule has 3 rings (SSSR count). The van der Waals surface area contributed by atoms with Gasteiger partial charge < -0.3 is 20.0 Å². The van der Waals surface area contributed by atoms with E-state index >= 15 is 0 Å². The number of likely N-dealkylation sites (tertiary alicyclic amines) is 1. The van der Waals surface area contributed by atoms with Crippen molar-refractivity contribution in [2.75, 3.05) is 19.6 Å². The van der Waals surface area contributed by atoms with Gasteiger partial charge in [0.25, 0.3) is 5.91 Å². The van der Waals surface area contributed by atoms with Crippen molar-refractivity contribution in [3.05, 3.63) is 46.3 Å². The third-order valence-corrected chi connectivity index (χ3v) is 4.82. The van der Waals surface area contributed by atoms with Gasteiger partial charge in [0.2, 0.25) is 0 Å². The number of urea groups is 1. The van der Waals surface area contributed by atoms with Crippen LogP contribution in [0.25, 0.3) is 11.0 Å². The second-order valence-corrected chi connectivity index (χ2v) is 8.31. The summed E-state index contributed by atoms with van der Waals surface area (Å²) in [6, 6.07) is 8.61. The van der Waals surface area contributed by atoms with E-state index in [1.165, 1.54) is 0 Å². The predicted molar refractivity (Wildman–Crippen MR) is 107 cm³/mol. The lowest BCUT2D eigenvalue weighted by Crippen LogP contribution is -2.51. The van der Waals surface area contributed by atoms with Crippen LogP contribution < -0.4 is 16.3 Å². The van der Waals surface area contributed by atoms with Gasteiger partial charge in [0.15, 0.2) is 0 Å². The summed E-state index contributed by atoms with van der Waals surface area (Å²) in [5.41, 5.74) is -0.418. The lowest BCUT2D eigenvalue weighted by Gasteiger charge is -2.34. The average Bonchev–Trinajstić information content (AvgIpc) is 2.64. The Kier molecular flexibility index (Phi) is 5.72. The molecule has 0 bridgehead atoms. The quantitative estimate of drug-likeness (QED) is 0.795. The molecule has 2 heterocycles. The summed E-state index contributed by atoms with van der Waals surface area (Å²) in [7, 11) is 0. The zero-order valence-corrected chi connectivity index (χ0v) is 16.6. The molecular formula is C21H27N3O4. The molecule has 1 aromatic carbocycles. The van der Waals surface area contributed by atoms with Gasteiger partial charge in [-0.2, -0.15) is 0 Å². The van der Waals surface area contributed by atoms with E-state index in [0.29, 0.717) is 30.6 Å². The Hall–Kier alpha value is -2.83. The molecule has 0 aliphatic carbocycles. The van der Waals surface area contributed by atoms with E-state index in [0.717, 1.165) is 12.8 Å². The summed E-state index contributed by atoms with van der Waals surface area (Å²) in [6.07, 6.45) is 1.62. The second kappa shape index (κ2) is 8.04. The monoisotopic (exact) mass is 385 g/mol. The number of carbonyl (C=O) groups is 2. The molecular weight excluding hydrogens is 358 g/mol. The van der Waals surface area contributed by atoms with Crippen LogP contribution in [0.2, 0.25) is 0 Å². The molecule has 0 atom stereocenters. The number of para-hydroxylation sites is 1. The Morgan fingerprint density at radius 1 is 1.18 bits per heavy atom. The van der Waals surface area contributed by atoms with Crippen molar-refractivity contribution in [2.45, 2.75) is 39.2 Å². The summed E-state index contributed by atoms with van der Waals surface area (Å²) in [4.78, 5) is 38.5. The summed E-state index contributed by atoms with van der Waals surface area (Å²) >= 11 is 0. The highest BCUT2D eigenvalue weighted by atomic mass is 16.4. The van der Waals surface area contributed by atoms with Crippen LogP contribution in [0.1, 0.15) is 44.0 Å². The van der Waals surface area contributed by atoms with Crippen LogP contribution in [-0.2, 0) is 0 Å². The van der Waals surface area contributed by atoms with Gasteiger partial charge in [0.1, 0.15) is 11.1 Å². The first-order valence-corrected chi connectivity index (χ1v) is 9.61. The minimum Gasteiger partial charge on any atom is -0.422 e. The number of fused-ring (bicyclic) bond motifs is 1. The number of amides is 3. The topological polar surface area (TPSA) is 91.7 Å². The first-order valence-electron chi connectivity index (χ1n) is 9.61.